The molecule has 1 saturated heterocycles. The van der Waals surface area contributed by atoms with Crippen molar-refractivity contribution in [2.24, 2.45) is 0 Å². The first-order chi connectivity index (χ1) is 14.7. The third kappa shape index (κ3) is 5.08. The number of rotatable bonds is 6. The number of para-hydroxylation sites is 2. The molecule has 0 aliphatic carbocycles. The molecule has 0 bridgehead atoms. The van der Waals surface area contributed by atoms with E-state index in [-0.39, 0.29) is 18.4 Å². The number of hydrogen-bond donors (Lipinski definition) is 3. The molecule has 30 heavy (non-hydrogen) atoms. The van der Waals surface area contributed by atoms with Crippen LogP contribution >= 0.6 is 0 Å². The summed E-state index contributed by atoms with van der Waals surface area (Å²) in [7, 11) is 0. The van der Waals surface area contributed by atoms with Gasteiger partial charge in [0.15, 0.2) is 11.5 Å². The molecular weight excluding hydrogens is 386 g/mol. The Morgan fingerprint density at radius 3 is 2.50 bits per heavy atom. The number of benzene rings is 2. The third-order valence-corrected chi connectivity index (χ3v) is 5.18. The highest BCUT2D eigenvalue weighted by atomic mass is 16.6. The Kier molecular flexibility index (Phi) is 6.46. The molecule has 8 nitrogen and oxygen atoms in total. The van der Waals surface area contributed by atoms with Gasteiger partial charge in [-0.25, -0.2) is 0 Å². The third-order valence-electron chi connectivity index (χ3n) is 5.18. The van der Waals surface area contributed by atoms with Crippen molar-refractivity contribution in [3.05, 3.63) is 54.1 Å². The van der Waals surface area contributed by atoms with E-state index in [9.17, 15) is 9.59 Å². The predicted molar refractivity (Wildman–Crippen MR) is 110 cm³/mol. The lowest BCUT2D eigenvalue weighted by Gasteiger charge is -2.25. The Morgan fingerprint density at radius 1 is 1.00 bits per heavy atom. The maximum absolute atomic E-state index is 12.5. The van der Waals surface area contributed by atoms with E-state index in [0.29, 0.717) is 29.3 Å². The molecule has 2 aliphatic heterocycles. The van der Waals surface area contributed by atoms with Crippen LogP contribution in [0.3, 0.4) is 0 Å². The Balaban J connectivity index is 1.25. The number of quaternary nitrogens is 1. The lowest BCUT2D eigenvalue weighted by molar-refractivity contribution is -0.906. The molecule has 4 rings (SSSR count). The van der Waals surface area contributed by atoms with Gasteiger partial charge >= 0.3 is 0 Å². The Hall–Kier alpha value is -3.10. The molecule has 0 spiro atoms. The van der Waals surface area contributed by atoms with Gasteiger partial charge in [0.25, 0.3) is 11.8 Å². The standard InChI is InChI=1S/C22H25N3O5/c26-21(23-9-10-25-11-13-28-14-12-25)16-5-7-17(8-6-16)24-22(27)20-15-29-18-3-1-2-4-19(18)30-20/h1-8,20H,9-15H2,(H,23,26)(H,24,27)/p+1/t20-/m1/s1. The molecule has 0 radical (unpaired) electrons. The minimum Gasteiger partial charge on any atom is -0.485 e. The largest absolute Gasteiger partial charge is 0.485 e. The van der Waals surface area contributed by atoms with E-state index in [1.807, 2.05) is 12.1 Å². The zero-order valence-corrected chi connectivity index (χ0v) is 16.7. The van der Waals surface area contributed by atoms with Crippen molar-refractivity contribution in [2.75, 3.05) is 51.3 Å². The lowest BCUT2D eigenvalue weighted by atomic mass is 10.2. The van der Waals surface area contributed by atoms with Crippen LogP contribution in [0.25, 0.3) is 0 Å². The van der Waals surface area contributed by atoms with Gasteiger partial charge in [0, 0.05) is 11.3 Å². The van der Waals surface area contributed by atoms with Crippen LogP contribution in [0.1, 0.15) is 10.4 Å². The first-order valence-electron chi connectivity index (χ1n) is 10.2. The van der Waals surface area contributed by atoms with E-state index in [0.717, 1.165) is 32.8 Å². The molecule has 0 aromatic heterocycles. The van der Waals surface area contributed by atoms with Gasteiger partial charge in [0.1, 0.15) is 19.7 Å². The second kappa shape index (κ2) is 9.60. The van der Waals surface area contributed by atoms with Crippen LogP contribution in [0.15, 0.2) is 48.5 Å². The van der Waals surface area contributed by atoms with Crippen molar-refractivity contribution >= 4 is 17.5 Å². The van der Waals surface area contributed by atoms with Gasteiger partial charge in [-0.2, -0.15) is 0 Å². The molecule has 158 valence electrons. The van der Waals surface area contributed by atoms with E-state index in [4.69, 9.17) is 14.2 Å². The van der Waals surface area contributed by atoms with Crippen molar-refractivity contribution in [1.29, 1.82) is 0 Å². The number of nitrogens with one attached hydrogen (secondary N) is 3. The fourth-order valence-corrected chi connectivity index (χ4v) is 3.44. The van der Waals surface area contributed by atoms with Gasteiger partial charge in [-0.3, -0.25) is 9.59 Å². The predicted octanol–water partition coefficient (Wildman–Crippen LogP) is 0.110. The fraction of sp³-hybridized carbons (Fsp3) is 0.364. The fourth-order valence-electron chi connectivity index (χ4n) is 3.44. The average molecular weight is 412 g/mol. The monoisotopic (exact) mass is 412 g/mol. The summed E-state index contributed by atoms with van der Waals surface area (Å²) in [5.74, 6) is 0.762. The maximum Gasteiger partial charge on any atom is 0.269 e. The minimum atomic E-state index is -0.731. The van der Waals surface area contributed by atoms with E-state index in [2.05, 4.69) is 10.6 Å². The second-order valence-electron chi connectivity index (χ2n) is 7.30. The molecule has 0 unspecified atom stereocenters. The first kappa shape index (κ1) is 20.2. The van der Waals surface area contributed by atoms with Crippen molar-refractivity contribution in [3.63, 3.8) is 0 Å². The first-order valence-corrected chi connectivity index (χ1v) is 10.2. The highest BCUT2D eigenvalue weighted by Gasteiger charge is 2.27. The van der Waals surface area contributed by atoms with Gasteiger partial charge in [-0.15, -0.1) is 0 Å². The summed E-state index contributed by atoms with van der Waals surface area (Å²) < 4.78 is 16.6. The molecule has 1 atom stereocenters. The summed E-state index contributed by atoms with van der Waals surface area (Å²) in [5, 5.41) is 5.75. The van der Waals surface area contributed by atoms with Gasteiger partial charge in [0.05, 0.1) is 26.3 Å². The topological polar surface area (TPSA) is 90.3 Å². The summed E-state index contributed by atoms with van der Waals surface area (Å²) in [5.41, 5.74) is 1.15. The number of morpholine rings is 1. The SMILES string of the molecule is O=C(NCC[NH+]1CCOCC1)c1ccc(NC(=O)[C@H]2COc3ccccc3O2)cc1. The van der Waals surface area contributed by atoms with Crippen LogP contribution < -0.4 is 25.0 Å². The zero-order chi connectivity index (χ0) is 20.8. The Morgan fingerprint density at radius 2 is 1.73 bits per heavy atom. The van der Waals surface area contributed by atoms with Crippen molar-refractivity contribution in [2.45, 2.75) is 6.10 Å². The van der Waals surface area contributed by atoms with Crippen LogP contribution in [0.4, 0.5) is 5.69 Å². The molecule has 3 N–H and O–H groups in total. The summed E-state index contributed by atoms with van der Waals surface area (Å²) in [4.78, 5) is 26.2. The molecule has 2 heterocycles. The molecule has 2 aliphatic rings. The molecule has 8 heteroatoms. The highest BCUT2D eigenvalue weighted by Crippen LogP contribution is 2.31. The molecule has 2 amide bonds. The maximum atomic E-state index is 12.5. The summed E-state index contributed by atoms with van der Waals surface area (Å²) in [6.45, 7) is 5.16. The minimum absolute atomic E-state index is 0.124. The van der Waals surface area contributed by atoms with Gasteiger partial charge < -0.3 is 29.7 Å². The molecule has 2 aromatic rings. The molecule has 0 saturated carbocycles. The van der Waals surface area contributed by atoms with Gasteiger partial charge in [0.2, 0.25) is 6.10 Å². The smallest absolute Gasteiger partial charge is 0.269 e. The van der Waals surface area contributed by atoms with E-state index in [1.54, 1.807) is 36.4 Å². The van der Waals surface area contributed by atoms with Crippen LogP contribution in [0, 0.1) is 0 Å². The van der Waals surface area contributed by atoms with Crippen LogP contribution in [-0.4, -0.2) is 63.9 Å². The summed E-state index contributed by atoms with van der Waals surface area (Å²) in [6, 6.07) is 14.0. The summed E-state index contributed by atoms with van der Waals surface area (Å²) in [6.07, 6.45) is -0.731. The molecular formula is C22H26N3O5+. The summed E-state index contributed by atoms with van der Waals surface area (Å²) >= 11 is 0. The molecule has 1 fully saturated rings. The number of amides is 2. The average Bonchev–Trinajstić information content (AvgIpc) is 2.80. The van der Waals surface area contributed by atoms with Crippen molar-refractivity contribution in [1.82, 2.24) is 5.32 Å². The van der Waals surface area contributed by atoms with Crippen LogP contribution in [0.5, 0.6) is 11.5 Å². The van der Waals surface area contributed by atoms with E-state index < -0.39 is 6.10 Å². The number of anilines is 1. The second-order valence-corrected chi connectivity index (χ2v) is 7.30. The van der Waals surface area contributed by atoms with E-state index >= 15 is 0 Å². The van der Waals surface area contributed by atoms with Gasteiger partial charge in [-0.1, -0.05) is 12.1 Å². The van der Waals surface area contributed by atoms with Gasteiger partial charge in [-0.05, 0) is 36.4 Å². The highest BCUT2D eigenvalue weighted by molar-refractivity contribution is 5.97. The Bertz CT molecular complexity index is 881. The van der Waals surface area contributed by atoms with Crippen LogP contribution in [-0.2, 0) is 9.53 Å². The lowest BCUT2D eigenvalue weighted by Crippen LogP contribution is -3.14. The number of hydrogen-bond acceptors (Lipinski definition) is 5. The number of fused-ring (bicyclic) bond motifs is 1. The number of ether oxygens (including phenoxy) is 3. The normalized spacial score (nSPS) is 18.5. The van der Waals surface area contributed by atoms with Crippen molar-refractivity contribution in [3.8, 4) is 11.5 Å². The van der Waals surface area contributed by atoms with E-state index in [1.165, 1.54) is 4.90 Å². The van der Waals surface area contributed by atoms with Crippen LogP contribution in [0.2, 0.25) is 0 Å². The number of carbonyl (C=O) groups excluding carboxylic acids is 2. The zero-order valence-electron chi connectivity index (χ0n) is 16.7. The number of carbonyl (C=O) groups is 2. The Labute approximate surface area is 175 Å². The molecule has 2 aromatic carbocycles. The quantitative estimate of drug-likeness (QED) is 0.627. The van der Waals surface area contributed by atoms with Crippen molar-refractivity contribution < 1.29 is 28.7 Å².